The molecule has 1 saturated carbocycles. The fraction of sp³-hybridized carbons (Fsp3) is 0.462. The molecule has 1 aromatic carbocycles. The van der Waals surface area contributed by atoms with Gasteiger partial charge in [0.1, 0.15) is 0 Å². The number of ether oxygens (including phenoxy) is 2. The molecular formula is C13H13BrO4. The molecule has 2 aliphatic rings. The molecule has 0 radical (unpaired) electrons. The van der Waals surface area contributed by atoms with Crippen LogP contribution in [0.3, 0.4) is 0 Å². The van der Waals surface area contributed by atoms with Crippen molar-refractivity contribution < 1.29 is 19.4 Å². The number of carboxylic acid groups (broad SMARTS) is 1. The van der Waals surface area contributed by atoms with E-state index >= 15 is 0 Å². The summed E-state index contributed by atoms with van der Waals surface area (Å²) in [6.45, 7) is 2.19. The minimum absolute atomic E-state index is 0.171. The van der Waals surface area contributed by atoms with Crippen molar-refractivity contribution in [2.24, 2.45) is 0 Å². The van der Waals surface area contributed by atoms with Gasteiger partial charge in [-0.15, -0.1) is 0 Å². The van der Waals surface area contributed by atoms with E-state index in [1.165, 1.54) is 0 Å². The highest BCUT2D eigenvalue weighted by atomic mass is 79.9. The predicted octanol–water partition coefficient (Wildman–Crippen LogP) is 2.99. The lowest BCUT2D eigenvalue weighted by Gasteiger charge is -2.17. The van der Waals surface area contributed by atoms with Crippen molar-refractivity contribution in [1.82, 2.24) is 0 Å². The van der Waals surface area contributed by atoms with E-state index in [4.69, 9.17) is 14.6 Å². The number of carbonyl (C=O) groups is 1. The maximum Gasteiger partial charge on any atom is 0.304 e. The zero-order valence-corrected chi connectivity index (χ0v) is 11.5. The fourth-order valence-electron chi connectivity index (χ4n) is 2.55. The molecule has 3 rings (SSSR count). The van der Waals surface area contributed by atoms with Crippen LogP contribution in [0.1, 0.15) is 30.4 Å². The molecule has 1 aliphatic heterocycles. The molecule has 1 heterocycles. The summed E-state index contributed by atoms with van der Waals surface area (Å²) in [5.41, 5.74) is 1.79. The van der Waals surface area contributed by atoms with Gasteiger partial charge in [0.2, 0.25) is 6.79 Å². The first-order valence-electron chi connectivity index (χ1n) is 5.84. The predicted molar refractivity (Wildman–Crippen MR) is 68.2 cm³/mol. The summed E-state index contributed by atoms with van der Waals surface area (Å²) in [5.74, 6) is 0.730. The minimum Gasteiger partial charge on any atom is -0.481 e. The van der Waals surface area contributed by atoms with Crippen LogP contribution in [0.5, 0.6) is 11.5 Å². The second-order valence-electron chi connectivity index (χ2n) is 4.95. The van der Waals surface area contributed by atoms with E-state index in [1.54, 1.807) is 0 Å². The Labute approximate surface area is 113 Å². The molecule has 0 spiro atoms. The third-order valence-corrected chi connectivity index (χ3v) is 4.76. The smallest absolute Gasteiger partial charge is 0.304 e. The van der Waals surface area contributed by atoms with Crippen LogP contribution in [0, 0.1) is 6.92 Å². The lowest BCUT2D eigenvalue weighted by atomic mass is 9.91. The summed E-state index contributed by atoms with van der Waals surface area (Å²) in [7, 11) is 0. The lowest BCUT2D eigenvalue weighted by molar-refractivity contribution is -0.137. The molecule has 0 unspecified atom stereocenters. The first-order chi connectivity index (χ1) is 8.53. The van der Waals surface area contributed by atoms with Crippen LogP contribution in [-0.2, 0) is 10.2 Å². The molecule has 0 amide bonds. The Kier molecular flexibility index (Phi) is 2.55. The van der Waals surface area contributed by atoms with Gasteiger partial charge in [-0.25, -0.2) is 0 Å². The fourth-order valence-corrected chi connectivity index (χ4v) is 3.27. The van der Waals surface area contributed by atoms with Gasteiger partial charge in [0.25, 0.3) is 0 Å². The van der Waals surface area contributed by atoms with Gasteiger partial charge in [-0.3, -0.25) is 4.79 Å². The summed E-state index contributed by atoms with van der Waals surface area (Å²) in [5, 5.41) is 9.03. The maximum atomic E-state index is 11.0. The molecule has 5 heteroatoms. The molecule has 1 fully saturated rings. The van der Waals surface area contributed by atoms with Crippen molar-refractivity contribution in [3.05, 3.63) is 21.7 Å². The average Bonchev–Trinajstić information content (AvgIpc) is 2.91. The summed E-state index contributed by atoms with van der Waals surface area (Å²) in [4.78, 5) is 11.0. The van der Waals surface area contributed by atoms with Crippen molar-refractivity contribution in [3.63, 3.8) is 0 Å². The van der Waals surface area contributed by atoms with E-state index in [1.807, 2.05) is 13.0 Å². The standard InChI is InChI=1S/C13H13BrO4/c1-7-11(14)8(4-9-12(7)18-6-17-9)13(2-3-13)5-10(15)16/h4H,2-3,5-6H2,1H3,(H,15,16). The molecule has 18 heavy (non-hydrogen) atoms. The highest BCUT2D eigenvalue weighted by Crippen LogP contribution is 2.56. The summed E-state index contributed by atoms with van der Waals surface area (Å²) in [6, 6.07) is 1.93. The quantitative estimate of drug-likeness (QED) is 0.932. The largest absolute Gasteiger partial charge is 0.481 e. The number of aliphatic carboxylic acids is 1. The van der Waals surface area contributed by atoms with Gasteiger partial charge < -0.3 is 14.6 Å². The topological polar surface area (TPSA) is 55.8 Å². The molecule has 1 aromatic rings. The molecule has 0 aromatic heterocycles. The van der Waals surface area contributed by atoms with Gasteiger partial charge in [-0.1, -0.05) is 15.9 Å². The monoisotopic (exact) mass is 312 g/mol. The van der Waals surface area contributed by atoms with Crippen molar-refractivity contribution >= 4 is 21.9 Å². The number of hydrogen-bond acceptors (Lipinski definition) is 3. The van der Waals surface area contributed by atoms with Crippen LogP contribution in [0.4, 0.5) is 0 Å². The van der Waals surface area contributed by atoms with Crippen molar-refractivity contribution in [1.29, 1.82) is 0 Å². The Bertz CT molecular complexity index is 534. The number of rotatable bonds is 3. The summed E-state index contributed by atoms with van der Waals surface area (Å²) >= 11 is 3.57. The Morgan fingerprint density at radius 1 is 1.50 bits per heavy atom. The lowest BCUT2D eigenvalue weighted by Crippen LogP contribution is -2.14. The van der Waals surface area contributed by atoms with E-state index in [0.29, 0.717) is 0 Å². The molecule has 0 bridgehead atoms. The van der Waals surface area contributed by atoms with Gasteiger partial charge >= 0.3 is 5.97 Å². The Hall–Kier alpha value is -1.23. The summed E-state index contributed by atoms with van der Waals surface area (Å²) < 4.78 is 11.8. The van der Waals surface area contributed by atoms with Crippen molar-refractivity contribution in [2.45, 2.75) is 31.6 Å². The van der Waals surface area contributed by atoms with Crippen LogP contribution in [0.15, 0.2) is 10.5 Å². The number of carboxylic acids is 1. The SMILES string of the molecule is Cc1c(Br)c(C2(CC(=O)O)CC2)cc2c1OCO2. The van der Waals surface area contributed by atoms with Crippen LogP contribution < -0.4 is 9.47 Å². The van der Waals surface area contributed by atoms with Gasteiger partial charge in [0, 0.05) is 15.5 Å². The highest BCUT2D eigenvalue weighted by Gasteiger charge is 2.48. The molecule has 4 nitrogen and oxygen atoms in total. The van der Waals surface area contributed by atoms with Gasteiger partial charge in [-0.2, -0.15) is 0 Å². The maximum absolute atomic E-state index is 11.0. The zero-order valence-electron chi connectivity index (χ0n) is 9.96. The molecule has 0 saturated heterocycles. The Balaban J connectivity index is 2.08. The molecule has 1 N–H and O–H groups in total. The van der Waals surface area contributed by atoms with Crippen LogP contribution in [0.2, 0.25) is 0 Å². The van der Waals surface area contributed by atoms with Gasteiger partial charge in [0.05, 0.1) is 6.42 Å². The summed E-state index contributed by atoms with van der Waals surface area (Å²) in [6.07, 6.45) is 2.00. The first kappa shape index (κ1) is 11.8. The van der Waals surface area contributed by atoms with Crippen LogP contribution >= 0.6 is 15.9 Å². The third-order valence-electron chi connectivity index (χ3n) is 3.74. The van der Waals surface area contributed by atoms with Crippen molar-refractivity contribution in [3.8, 4) is 11.5 Å². The first-order valence-corrected chi connectivity index (χ1v) is 6.64. The highest BCUT2D eigenvalue weighted by molar-refractivity contribution is 9.10. The minimum atomic E-state index is -0.755. The number of fused-ring (bicyclic) bond motifs is 1. The molecule has 0 atom stereocenters. The van der Waals surface area contributed by atoms with E-state index in [0.717, 1.165) is 39.9 Å². The Morgan fingerprint density at radius 3 is 2.83 bits per heavy atom. The second-order valence-corrected chi connectivity index (χ2v) is 5.74. The zero-order chi connectivity index (χ0) is 12.9. The normalized spacial score (nSPS) is 18.8. The van der Waals surface area contributed by atoms with Crippen molar-refractivity contribution in [2.75, 3.05) is 6.79 Å². The number of benzene rings is 1. The van der Waals surface area contributed by atoms with E-state index in [9.17, 15) is 4.79 Å². The third kappa shape index (κ3) is 1.68. The van der Waals surface area contributed by atoms with Gasteiger partial charge in [-0.05, 0) is 31.4 Å². The second kappa shape index (κ2) is 3.88. The van der Waals surface area contributed by atoms with Crippen LogP contribution in [-0.4, -0.2) is 17.9 Å². The van der Waals surface area contributed by atoms with E-state index < -0.39 is 5.97 Å². The Morgan fingerprint density at radius 2 is 2.22 bits per heavy atom. The number of halogens is 1. The van der Waals surface area contributed by atoms with E-state index in [-0.39, 0.29) is 18.6 Å². The van der Waals surface area contributed by atoms with E-state index in [2.05, 4.69) is 15.9 Å². The van der Waals surface area contributed by atoms with Crippen LogP contribution in [0.25, 0.3) is 0 Å². The molecule has 1 aliphatic carbocycles. The molecular weight excluding hydrogens is 300 g/mol. The van der Waals surface area contributed by atoms with Gasteiger partial charge in [0.15, 0.2) is 11.5 Å². The average molecular weight is 313 g/mol. The number of hydrogen-bond donors (Lipinski definition) is 1. The molecule has 96 valence electrons.